The predicted octanol–water partition coefficient (Wildman–Crippen LogP) is 2.56. The maximum atomic E-state index is 12.7. The Kier molecular flexibility index (Phi) is 4.23. The highest BCUT2D eigenvalue weighted by Gasteiger charge is 2.27. The van der Waals surface area contributed by atoms with E-state index in [4.69, 9.17) is 0 Å². The van der Waals surface area contributed by atoms with Crippen LogP contribution in [0.5, 0.6) is 0 Å². The van der Waals surface area contributed by atoms with Crippen molar-refractivity contribution >= 4 is 21.1 Å². The van der Waals surface area contributed by atoms with Gasteiger partial charge in [-0.2, -0.15) is 4.31 Å². The molecule has 1 aliphatic rings. The summed E-state index contributed by atoms with van der Waals surface area (Å²) in [6.45, 7) is 0.875. The second kappa shape index (κ2) is 6.54. The average Bonchev–Trinajstić information content (AvgIpc) is 2.65. The molecule has 5 nitrogen and oxygen atoms in total. The second-order valence-electron chi connectivity index (χ2n) is 6.28. The molecule has 3 heterocycles. The van der Waals surface area contributed by atoms with Gasteiger partial charge in [-0.15, -0.1) is 0 Å². The summed E-state index contributed by atoms with van der Waals surface area (Å²) < 4.78 is 27.0. The Morgan fingerprint density at radius 3 is 2.76 bits per heavy atom. The molecule has 0 aliphatic carbocycles. The predicted molar refractivity (Wildman–Crippen MR) is 97.6 cm³/mol. The molecule has 6 heteroatoms. The number of benzene rings is 1. The normalized spacial score (nSPS) is 15.2. The van der Waals surface area contributed by atoms with Crippen molar-refractivity contribution in [1.29, 1.82) is 0 Å². The molecule has 0 unspecified atom stereocenters. The molecular formula is C19H19N3O2S. The topological polar surface area (TPSA) is 63.2 Å². The van der Waals surface area contributed by atoms with Crippen molar-refractivity contribution in [3.63, 3.8) is 0 Å². The van der Waals surface area contributed by atoms with E-state index in [0.717, 1.165) is 27.9 Å². The summed E-state index contributed by atoms with van der Waals surface area (Å²) in [5.41, 5.74) is 3.71. The van der Waals surface area contributed by atoms with Gasteiger partial charge in [-0.05, 0) is 35.7 Å². The number of rotatable bonds is 4. The van der Waals surface area contributed by atoms with Crippen LogP contribution in [0.25, 0.3) is 11.0 Å². The van der Waals surface area contributed by atoms with Crippen LogP contribution in [0, 0.1) is 0 Å². The zero-order valence-corrected chi connectivity index (χ0v) is 14.6. The number of pyridine rings is 2. The van der Waals surface area contributed by atoms with E-state index < -0.39 is 10.0 Å². The lowest BCUT2D eigenvalue weighted by molar-refractivity contribution is 0.388. The number of hydrogen-bond acceptors (Lipinski definition) is 4. The molecular weight excluding hydrogens is 334 g/mol. The molecule has 1 aliphatic heterocycles. The Hall–Kier alpha value is -2.31. The first-order valence-electron chi connectivity index (χ1n) is 8.37. The third kappa shape index (κ3) is 3.41. The van der Waals surface area contributed by atoms with Crippen molar-refractivity contribution in [3.8, 4) is 0 Å². The van der Waals surface area contributed by atoms with Gasteiger partial charge in [0, 0.05) is 36.8 Å². The van der Waals surface area contributed by atoms with Crippen LogP contribution < -0.4 is 0 Å². The third-order valence-corrected chi connectivity index (χ3v) is 6.41. The fourth-order valence-electron chi connectivity index (χ4n) is 3.20. The standard InChI is InChI=1S/C19H19N3O2S/c23-25(24,12-9-15-5-2-1-3-6-15)22-11-8-18-17(14-22)13-16-7-4-10-20-19(16)21-18/h1-7,10,13H,8-9,11-12,14H2. The van der Waals surface area contributed by atoms with Crippen LogP contribution >= 0.6 is 0 Å². The van der Waals surface area contributed by atoms with Gasteiger partial charge in [0.1, 0.15) is 0 Å². The molecule has 0 atom stereocenters. The van der Waals surface area contributed by atoms with Crippen LogP contribution in [-0.2, 0) is 29.4 Å². The first-order valence-corrected chi connectivity index (χ1v) is 9.98. The minimum Gasteiger partial charge on any atom is -0.237 e. The van der Waals surface area contributed by atoms with E-state index in [0.29, 0.717) is 25.9 Å². The number of fused-ring (bicyclic) bond motifs is 2. The Bertz CT molecular complexity index is 1000. The van der Waals surface area contributed by atoms with Gasteiger partial charge >= 0.3 is 0 Å². The SMILES string of the molecule is O=S(=O)(CCc1ccccc1)N1CCc2nc3ncccc3cc2C1. The van der Waals surface area contributed by atoms with Gasteiger partial charge in [-0.25, -0.2) is 18.4 Å². The molecule has 25 heavy (non-hydrogen) atoms. The minimum absolute atomic E-state index is 0.134. The summed E-state index contributed by atoms with van der Waals surface area (Å²) in [6.07, 6.45) is 2.89. The summed E-state index contributed by atoms with van der Waals surface area (Å²) >= 11 is 0. The summed E-state index contributed by atoms with van der Waals surface area (Å²) in [7, 11) is -3.29. The summed E-state index contributed by atoms with van der Waals surface area (Å²) in [5, 5.41) is 0.949. The molecule has 4 rings (SSSR count). The number of aryl methyl sites for hydroxylation is 1. The van der Waals surface area contributed by atoms with Gasteiger partial charge in [-0.3, -0.25) is 0 Å². The lowest BCUT2D eigenvalue weighted by atomic mass is 10.1. The van der Waals surface area contributed by atoms with Crippen molar-refractivity contribution < 1.29 is 8.42 Å². The van der Waals surface area contributed by atoms with E-state index in [1.807, 2.05) is 48.5 Å². The highest BCUT2D eigenvalue weighted by atomic mass is 32.2. The van der Waals surface area contributed by atoms with Gasteiger partial charge in [-0.1, -0.05) is 30.3 Å². The van der Waals surface area contributed by atoms with E-state index in [1.165, 1.54) is 0 Å². The molecule has 0 bridgehead atoms. The van der Waals surface area contributed by atoms with Crippen LogP contribution in [-0.4, -0.2) is 35.0 Å². The molecule has 0 spiro atoms. The highest BCUT2D eigenvalue weighted by Crippen LogP contribution is 2.23. The molecule has 0 amide bonds. The van der Waals surface area contributed by atoms with Crippen molar-refractivity contribution in [1.82, 2.24) is 14.3 Å². The average molecular weight is 353 g/mol. The van der Waals surface area contributed by atoms with Gasteiger partial charge in [0.2, 0.25) is 10.0 Å². The molecule has 0 radical (unpaired) electrons. The van der Waals surface area contributed by atoms with Crippen LogP contribution in [0.3, 0.4) is 0 Å². The Balaban J connectivity index is 1.53. The molecule has 0 fully saturated rings. The fourth-order valence-corrected chi connectivity index (χ4v) is 4.65. The molecule has 1 aromatic carbocycles. The maximum Gasteiger partial charge on any atom is 0.214 e. The number of nitrogens with zero attached hydrogens (tertiary/aromatic N) is 3. The van der Waals surface area contributed by atoms with E-state index >= 15 is 0 Å². The minimum atomic E-state index is -3.29. The molecule has 0 saturated carbocycles. The quantitative estimate of drug-likeness (QED) is 0.723. The Labute approximate surface area is 147 Å². The number of hydrogen-bond donors (Lipinski definition) is 0. The van der Waals surface area contributed by atoms with Gasteiger partial charge in [0.05, 0.1) is 5.75 Å². The monoisotopic (exact) mass is 353 g/mol. The molecule has 0 saturated heterocycles. The Morgan fingerprint density at radius 2 is 1.92 bits per heavy atom. The van der Waals surface area contributed by atoms with Gasteiger partial charge in [0.15, 0.2) is 5.65 Å². The molecule has 3 aromatic rings. The zero-order valence-electron chi connectivity index (χ0n) is 13.8. The molecule has 2 aromatic heterocycles. The van der Waals surface area contributed by atoms with Crippen LogP contribution in [0.2, 0.25) is 0 Å². The van der Waals surface area contributed by atoms with E-state index in [1.54, 1.807) is 10.5 Å². The lowest BCUT2D eigenvalue weighted by Gasteiger charge is -2.27. The maximum absolute atomic E-state index is 12.7. The van der Waals surface area contributed by atoms with Gasteiger partial charge in [0.25, 0.3) is 0 Å². The van der Waals surface area contributed by atoms with Crippen molar-refractivity contribution in [2.45, 2.75) is 19.4 Å². The molecule has 128 valence electrons. The first-order chi connectivity index (χ1) is 12.1. The smallest absolute Gasteiger partial charge is 0.214 e. The fraction of sp³-hybridized carbons (Fsp3) is 0.263. The van der Waals surface area contributed by atoms with Gasteiger partial charge < -0.3 is 0 Å². The number of sulfonamides is 1. The lowest BCUT2D eigenvalue weighted by Crippen LogP contribution is -2.38. The number of aromatic nitrogens is 2. The van der Waals surface area contributed by atoms with Crippen molar-refractivity contribution in [2.75, 3.05) is 12.3 Å². The highest BCUT2D eigenvalue weighted by molar-refractivity contribution is 7.89. The summed E-state index contributed by atoms with van der Waals surface area (Å²) in [5.74, 6) is 0.134. The largest absolute Gasteiger partial charge is 0.237 e. The summed E-state index contributed by atoms with van der Waals surface area (Å²) in [4.78, 5) is 8.87. The van der Waals surface area contributed by atoms with Crippen LogP contribution in [0.1, 0.15) is 16.8 Å². The van der Waals surface area contributed by atoms with Crippen LogP contribution in [0.4, 0.5) is 0 Å². The van der Waals surface area contributed by atoms with Crippen molar-refractivity contribution in [2.24, 2.45) is 0 Å². The van der Waals surface area contributed by atoms with Crippen molar-refractivity contribution in [3.05, 3.63) is 71.5 Å². The second-order valence-corrected chi connectivity index (χ2v) is 8.37. The first kappa shape index (κ1) is 16.2. The van der Waals surface area contributed by atoms with Crippen LogP contribution in [0.15, 0.2) is 54.7 Å². The molecule has 0 N–H and O–H groups in total. The van der Waals surface area contributed by atoms with E-state index in [2.05, 4.69) is 9.97 Å². The summed E-state index contributed by atoms with van der Waals surface area (Å²) in [6, 6.07) is 15.6. The van der Waals surface area contributed by atoms with E-state index in [-0.39, 0.29) is 5.75 Å². The van der Waals surface area contributed by atoms with E-state index in [9.17, 15) is 8.42 Å². The Morgan fingerprint density at radius 1 is 1.08 bits per heavy atom. The zero-order chi connectivity index (χ0) is 17.3. The third-order valence-electron chi connectivity index (χ3n) is 4.59.